The number of nitrogens with zero attached hydrogens (tertiary/aromatic N) is 2. The molecule has 1 aromatic carbocycles. The van der Waals surface area contributed by atoms with Crippen molar-refractivity contribution in [3.63, 3.8) is 0 Å². The number of ether oxygens (including phenoxy) is 1. The van der Waals surface area contributed by atoms with Gasteiger partial charge in [0.25, 0.3) is 0 Å². The zero-order valence-electron chi connectivity index (χ0n) is 13.5. The van der Waals surface area contributed by atoms with E-state index in [1.54, 1.807) is 26.8 Å². The molecule has 3 N–H and O–H groups in total. The third-order valence-electron chi connectivity index (χ3n) is 3.38. The highest BCUT2D eigenvalue weighted by atomic mass is 19.1. The Labute approximate surface area is 134 Å². The molecule has 0 spiro atoms. The van der Waals surface area contributed by atoms with E-state index >= 15 is 0 Å². The molecule has 6 nitrogen and oxygen atoms in total. The van der Waals surface area contributed by atoms with E-state index in [-0.39, 0.29) is 11.9 Å². The minimum absolute atomic E-state index is 0.0709. The van der Waals surface area contributed by atoms with Crippen LogP contribution in [-0.4, -0.2) is 33.7 Å². The first-order valence-corrected chi connectivity index (χ1v) is 7.47. The quantitative estimate of drug-likeness (QED) is 0.386. The van der Waals surface area contributed by atoms with E-state index in [0.29, 0.717) is 5.56 Å². The zero-order chi connectivity index (χ0) is 17.2. The van der Waals surface area contributed by atoms with Gasteiger partial charge in [-0.2, -0.15) is 0 Å². The Kier molecular flexibility index (Phi) is 4.77. The molecule has 1 aliphatic rings. The molecule has 0 saturated heterocycles. The van der Waals surface area contributed by atoms with Crippen molar-refractivity contribution >= 4 is 11.9 Å². The lowest BCUT2D eigenvalue weighted by atomic mass is 10.0. The van der Waals surface area contributed by atoms with Gasteiger partial charge in [0.15, 0.2) is 5.84 Å². The third kappa shape index (κ3) is 4.34. The Balaban J connectivity index is 2.40. The molecular formula is C16H22FN3O3. The molecule has 7 heteroatoms. The summed E-state index contributed by atoms with van der Waals surface area (Å²) in [7, 11) is 0. The Morgan fingerprint density at radius 3 is 2.61 bits per heavy atom. The highest BCUT2D eigenvalue weighted by molar-refractivity contribution is 5.90. The van der Waals surface area contributed by atoms with E-state index in [9.17, 15) is 9.18 Å². The molecule has 0 heterocycles. The number of carbonyl (C=O) groups is 1. The highest BCUT2D eigenvalue weighted by Crippen LogP contribution is 2.36. The van der Waals surface area contributed by atoms with Crippen LogP contribution in [-0.2, 0) is 4.74 Å². The fourth-order valence-corrected chi connectivity index (χ4v) is 2.34. The molecule has 0 aromatic heterocycles. The number of amides is 1. The van der Waals surface area contributed by atoms with Gasteiger partial charge in [-0.1, -0.05) is 17.3 Å². The van der Waals surface area contributed by atoms with E-state index in [1.165, 1.54) is 23.1 Å². The molecule has 126 valence electrons. The molecule has 1 saturated carbocycles. The average molecular weight is 323 g/mol. The monoisotopic (exact) mass is 323 g/mol. The molecule has 1 amide bonds. The van der Waals surface area contributed by atoms with Crippen molar-refractivity contribution in [3.05, 3.63) is 35.6 Å². The second-order valence-corrected chi connectivity index (χ2v) is 6.60. The van der Waals surface area contributed by atoms with Crippen LogP contribution in [0.4, 0.5) is 9.18 Å². The third-order valence-corrected chi connectivity index (χ3v) is 3.38. The van der Waals surface area contributed by atoms with Crippen LogP contribution in [0.1, 0.15) is 45.2 Å². The lowest BCUT2D eigenvalue weighted by molar-refractivity contribution is 0.0189. The predicted octanol–water partition coefficient (Wildman–Crippen LogP) is 3.01. The van der Waals surface area contributed by atoms with Gasteiger partial charge >= 0.3 is 6.09 Å². The smallest absolute Gasteiger partial charge is 0.411 e. The maximum Gasteiger partial charge on any atom is 0.411 e. The molecule has 1 fully saturated rings. The number of benzene rings is 1. The molecule has 0 radical (unpaired) electrons. The number of nitrogens with two attached hydrogens (primary N) is 1. The molecule has 23 heavy (non-hydrogen) atoms. The van der Waals surface area contributed by atoms with Crippen LogP contribution in [0, 0.1) is 5.82 Å². The van der Waals surface area contributed by atoms with E-state index in [0.717, 1.165) is 12.8 Å². The van der Waals surface area contributed by atoms with Gasteiger partial charge in [-0.15, -0.1) is 0 Å². The second kappa shape index (κ2) is 6.44. The van der Waals surface area contributed by atoms with Crippen molar-refractivity contribution < 1.29 is 19.1 Å². The van der Waals surface area contributed by atoms with Gasteiger partial charge in [0.1, 0.15) is 17.5 Å². The van der Waals surface area contributed by atoms with Gasteiger partial charge in [0.2, 0.25) is 0 Å². The van der Waals surface area contributed by atoms with Gasteiger partial charge in [-0.05, 0) is 51.3 Å². The fourth-order valence-electron chi connectivity index (χ4n) is 2.34. The van der Waals surface area contributed by atoms with E-state index in [4.69, 9.17) is 15.7 Å². The number of rotatable bonds is 4. The molecule has 0 aliphatic heterocycles. The van der Waals surface area contributed by atoms with Crippen LogP contribution in [0.3, 0.4) is 0 Å². The van der Waals surface area contributed by atoms with Gasteiger partial charge in [-0.3, -0.25) is 4.90 Å². The minimum Gasteiger partial charge on any atom is -0.444 e. The summed E-state index contributed by atoms with van der Waals surface area (Å²) < 4.78 is 19.0. The lowest BCUT2D eigenvalue weighted by Gasteiger charge is -2.33. The number of halogens is 1. The van der Waals surface area contributed by atoms with Crippen molar-refractivity contribution in [2.24, 2.45) is 10.9 Å². The van der Waals surface area contributed by atoms with Crippen LogP contribution in [0.2, 0.25) is 0 Å². The summed E-state index contributed by atoms with van der Waals surface area (Å²) in [6.45, 7) is 5.28. The molecule has 0 bridgehead atoms. The first kappa shape index (κ1) is 17.1. The van der Waals surface area contributed by atoms with E-state index in [1.807, 2.05) is 0 Å². The summed E-state index contributed by atoms with van der Waals surface area (Å²) in [6, 6.07) is 4.76. The van der Waals surface area contributed by atoms with Crippen molar-refractivity contribution in [1.29, 1.82) is 0 Å². The van der Waals surface area contributed by atoms with Crippen LogP contribution in [0.5, 0.6) is 0 Å². The zero-order valence-corrected chi connectivity index (χ0v) is 13.5. The summed E-state index contributed by atoms with van der Waals surface area (Å²) in [5.41, 5.74) is 5.55. The van der Waals surface area contributed by atoms with E-state index < -0.39 is 23.6 Å². The Bertz CT molecular complexity index is 609. The number of oxime groups is 1. The molecule has 1 aliphatic carbocycles. The standard InChI is InChI=1S/C16H22FN3O3/c1-16(2,3)23-15(21)20(12-7-8-12)13(14(18)19-22)10-5-4-6-11(17)9-10/h4-6,9,12-13,22H,7-8H2,1-3H3,(H2,18,19). The summed E-state index contributed by atoms with van der Waals surface area (Å²) in [4.78, 5) is 14.0. The Morgan fingerprint density at radius 2 is 2.13 bits per heavy atom. The molecule has 1 atom stereocenters. The van der Waals surface area contributed by atoms with E-state index in [2.05, 4.69) is 5.16 Å². The summed E-state index contributed by atoms with van der Waals surface area (Å²) in [5.74, 6) is -0.647. The second-order valence-electron chi connectivity index (χ2n) is 6.60. The first-order chi connectivity index (χ1) is 10.7. The maximum absolute atomic E-state index is 13.6. The number of hydrogen-bond acceptors (Lipinski definition) is 4. The van der Waals surface area contributed by atoms with Gasteiger partial charge in [0, 0.05) is 6.04 Å². The highest BCUT2D eigenvalue weighted by Gasteiger charge is 2.42. The van der Waals surface area contributed by atoms with Crippen LogP contribution < -0.4 is 5.73 Å². The molecule has 1 aromatic rings. The Morgan fingerprint density at radius 1 is 1.48 bits per heavy atom. The fraction of sp³-hybridized carbons (Fsp3) is 0.500. The van der Waals surface area contributed by atoms with Crippen LogP contribution in [0.25, 0.3) is 0 Å². The Hall–Kier alpha value is -2.31. The van der Waals surface area contributed by atoms with Crippen LogP contribution in [0.15, 0.2) is 29.4 Å². The summed E-state index contributed by atoms with van der Waals surface area (Å²) in [6.07, 6.45) is 1.02. The predicted molar refractivity (Wildman–Crippen MR) is 83.6 cm³/mol. The van der Waals surface area contributed by atoms with Gasteiger partial charge in [0.05, 0.1) is 0 Å². The number of hydrogen-bond donors (Lipinski definition) is 2. The number of amidine groups is 1. The number of carbonyl (C=O) groups excluding carboxylic acids is 1. The summed E-state index contributed by atoms with van der Waals surface area (Å²) in [5, 5.41) is 12.1. The van der Waals surface area contributed by atoms with Gasteiger partial charge in [-0.25, -0.2) is 9.18 Å². The molecule has 1 unspecified atom stereocenters. The first-order valence-electron chi connectivity index (χ1n) is 7.47. The minimum atomic E-state index is -0.877. The maximum atomic E-state index is 13.6. The van der Waals surface area contributed by atoms with Crippen molar-refractivity contribution in [2.45, 2.75) is 51.3 Å². The lowest BCUT2D eigenvalue weighted by Crippen LogP contribution is -2.45. The molecule has 2 rings (SSSR count). The van der Waals surface area contributed by atoms with Crippen molar-refractivity contribution in [1.82, 2.24) is 4.90 Å². The van der Waals surface area contributed by atoms with Crippen molar-refractivity contribution in [3.8, 4) is 0 Å². The summed E-state index contributed by atoms with van der Waals surface area (Å²) >= 11 is 0. The largest absolute Gasteiger partial charge is 0.444 e. The normalized spacial score (nSPS) is 16.8. The SMILES string of the molecule is CC(C)(C)OC(=O)N(C1CC1)C(/C(N)=N/O)c1cccc(F)c1. The van der Waals surface area contributed by atoms with Crippen molar-refractivity contribution in [2.75, 3.05) is 0 Å². The van der Waals surface area contributed by atoms with Gasteiger partial charge < -0.3 is 15.7 Å². The topological polar surface area (TPSA) is 88.2 Å². The average Bonchev–Trinajstić information content (AvgIpc) is 3.26. The van der Waals surface area contributed by atoms with Crippen LogP contribution >= 0.6 is 0 Å². The molecular weight excluding hydrogens is 301 g/mol.